The average molecular weight is 367 g/mol. The quantitative estimate of drug-likeness (QED) is 0.445. The van der Waals surface area contributed by atoms with Gasteiger partial charge in [0, 0.05) is 27.2 Å². The highest BCUT2D eigenvalue weighted by molar-refractivity contribution is 7.91. The van der Waals surface area contributed by atoms with Crippen LogP contribution in [0.5, 0.6) is 0 Å². The van der Waals surface area contributed by atoms with Gasteiger partial charge in [0.05, 0.1) is 6.54 Å². The second-order valence-electron chi connectivity index (χ2n) is 5.28. The van der Waals surface area contributed by atoms with E-state index in [-0.39, 0.29) is 0 Å². The topological polar surface area (TPSA) is 73.8 Å². The summed E-state index contributed by atoms with van der Waals surface area (Å²) in [7, 11) is 0.376. The van der Waals surface area contributed by atoms with E-state index in [2.05, 4.69) is 15.0 Å². The van der Waals surface area contributed by atoms with Crippen molar-refractivity contribution in [1.82, 2.24) is 14.9 Å². The monoisotopic (exact) mass is 366 g/mol. The predicted octanol–water partition coefficient (Wildman–Crippen LogP) is 1.73. The fourth-order valence-corrected chi connectivity index (χ4v) is 4.02. The van der Waals surface area contributed by atoms with E-state index < -0.39 is 10.0 Å². The van der Waals surface area contributed by atoms with Crippen molar-refractivity contribution >= 4 is 27.3 Å². The van der Waals surface area contributed by atoms with E-state index in [9.17, 15) is 8.42 Å². The van der Waals surface area contributed by atoms with Gasteiger partial charge in [-0.15, -0.1) is 11.3 Å². The van der Waals surface area contributed by atoms with Crippen molar-refractivity contribution in [3.63, 3.8) is 0 Å². The molecule has 130 valence electrons. The number of thiophene rings is 1. The van der Waals surface area contributed by atoms with Gasteiger partial charge in [0.25, 0.3) is 0 Å². The molecule has 0 aliphatic heterocycles. The summed E-state index contributed by atoms with van der Waals surface area (Å²) in [6.45, 7) is 1.32. The summed E-state index contributed by atoms with van der Waals surface area (Å²) >= 11 is 1.20. The van der Waals surface area contributed by atoms with E-state index in [4.69, 9.17) is 0 Å². The van der Waals surface area contributed by atoms with Crippen molar-refractivity contribution in [2.45, 2.75) is 10.8 Å². The molecule has 1 aromatic heterocycles. The van der Waals surface area contributed by atoms with Crippen molar-refractivity contribution in [2.75, 3.05) is 27.2 Å². The molecule has 0 fully saturated rings. The van der Waals surface area contributed by atoms with Crippen LogP contribution in [0.2, 0.25) is 0 Å². The lowest BCUT2D eigenvalue weighted by Gasteiger charge is -2.17. The molecule has 2 N–H and O–H groups in total. The second-order valence-corrected chi connectivity index (χ2v) is 8.22. The Morgan fingerprint density at radius 3 is 2.50 bits per heavy atom. The maximum Gasteiger partial charge on any atom is 0.250 e. The van der Waals surface area contributed by atoms with Crippen LogP contribution in [-0.2, 0) is 16.6 Å². The Kier molecular flexibility index (Phi) is 6.77. The maximum absolute atomic E-state index is 12.0. The van der Waals surface area contributed by atoms with Gasteiger partial charge in [-0.25, -0.2) is 18.1 Å². The standard InChI is InChI=1S/C16H22N4O2S2/c1-20(2)16(18-13-14-7-4-3-5-8-14)17-10-11-19-24(21,22)15-9-6-12-23-15/h3-9,12,19H,10-11,13H2,1-2H3,(H,17,18). The van der Waals surface area contributed by atoms with Gasteiger partial charge in [0.1, 0.15) is 4.21 Å². The lowest BCUT2D eigenvalue weighted by molar-refractivity contribution is 0.568. The van der Waals surface area contributed by atoms with Gasteiger partial charge in [-0.2, -0.15) is 0 Å². The molecule has 0 spiro atoms. The van der Waals surface area contributed by atoms with Crippen LogP contribution in [0.1, 0.15) is 5.56 Å². The molecule has 0 saturated heterocycles. The molecule has 2 rings (SSSR count). The van der Waals surface area contributed by atoms with Gasteiger partial charge in [0.15, 0.2) is 5.96 Å². The van der Waals surface area contributed by atoms with Crippen LogP contribution in [-0.4, -0.2) is 46.5 Å². The highest BCUT2D eigenvalue weighted by atomic mass is 32.2. The first kappa shape index (κ1) is 18.4. The Labute approximate surface area is 147 Å². The zero-order chi connectivity index (χ0) is 17.4. The van der Waals surface area contributed by atoms with Crippen molar-refractivity contribution in [2.24, 2.45) is 4.99 Å². The molecule has 0 saturated carbocycles. The first-order valence-electron chi connectivity index (χ1n) is 7.52. The number of guanidine groups is 1. The summed E-state index contributed by atoms with van der Waals surface area (Å²) in [5.74, 6) is 0.717. The van der Waals surface area contributed by atoms with E-state index in [0.717, 1.165) is 5.56 Å². The van der Waals surface area contributed by atoms with Gasteiger partial charge in [0.2, 0.25) is 10.0 Å². The molecule has 6 nitrogen and oxygen atoms in total. The second kappa shape index (κ2) is 8.81. The van der Waals surface area contributed by atoms with Gasteiger partial charge in [-0.1, -0.05) is 36.4 Å². The number of nitrogens with zero attached hydrogens (tertiary/aromatic N) is 2. The highest BCUT2D eigenvalue weighted by Crippen LogP contribution is 2.14. The highest BCUT2D eigenvalue weighted by Gasteiger charge is 2.13. The lowest BCUT2D eigenvalue weighted by Crippen LogP contribution is -2.40. The number of benzene rings is 1. The minimum Gasteiger partial charge on any atom is -0.355 e. The fraction of sp³-hybridized carbons (Fsp3) is 0.312. The average Bonchev–Trinajstić information content (AvgIpc) is 3.10. The zero-order valence-corrected chi connectivity index (χ0v) is 15.4. The van der Waals surface area contributed by atoms with E-state index >= 15 is 0 Å². The molecule has 0 radical (unpaired) electrons. The SMILES string of the molecule is CN(C)C(=NCc1ccccc1)NCCNS(=O)(=O)c1cccs1. The van der Waals surface area contributed by atoms with Crippen LogP contribution in [0.15, 0.2) is 57.0 Å². The molecule has 8 heteroatoms. The third kappa shape index (κ3) is 5.63. The lowest BCUT2D eigenvalue weighted by atomic mass is 10.2. The minimum absolute atomic E-state index is 0.290. The maximum atomic E-state index is 12.0. The number of nitrogens with one attached hydrogen (secondary N) is 2. The van der Waals surface area contributed by atoms with Crippen molar-refractivity contribution < 1.29 is 8.42 Å². The first-order chi connectivity index (χ1) is 11.5. The van der Waals surface area contributed by atoms with Crippen molar-refractivity contribution in [1.29, 1.82) is 0 Å². The van der Waals surface area contributed by atoms with Crippen molar-refractivity contribution in [3.8, 4) is 0 Å². The first-order valence-corrected chi connectivity index (χ1v) is 9.88. The van der Waals surface area contributed by atoms with E-state index in [1.165, 1.54) is 11.3 Å². The zero-order valence-electron chi connectivity index (χ0n) is 13.8. The summed E-state index contributed by atoms with van der Waals surface area (Å²) in [6, 6.07) is 13.3. The molecule has 0 unspecified atom stereocenters. The number of sulfonamides is 1. The number of rotatable bonds is 7. The third-order valence-corrected chi connectivity index (χ3v) is 6.00. The minimum atomic E-state index is -3.42. The van der Waals surface area contributed by atoms with Crippen LogP contribution in [0.4, 0.5) is 0 Å². The molecule has 0 aliphatic rings. The van der Waals surface area contributed by atoms with E-state index in [0.29, 0.717) is 29.8 Å². The molecule has 0 aliphatic carbocycles. The molecule has 1 heterocycles. The summed E-state index contributed by atoms with van der Waals surface area (Å²) in [5.41, 5.74) is 1.12. The molecule has 0 amide bonds. The summed E-state index contributed by atoms with van der Waals surface area (Å²) < 4.78 is 26.9. The van der Waals surface area contributed by atoms with Crippen LogP contribution < -0.4 is 10.0 Å². The normalized spacial score (nSPS) is 12.2. The molecular weight excluding hydrogens is 344 g/mol. The molecule has 2 aromatic rings. The van der Waals surface area contributed by atoms with Crippen molar-refractivity contribution in [3.05, 3.63) is 53.4 Å². The van der Waals surface area contributed by atoms with Gasteiger partial charge in [-0.05, 0) is 17.0 Å². The van der Waals surface area contributed by atoms with E-state index in [1.807, 2.05) is 49.3 Å². The molecule has 24 heavy (non-hydrogen) atoms. The largest absolute Gasteiger partial charge is 0.355 e. The van der Waals surface area contributed by atoms with Crippen LogP contribution in [0.25, 0.3) is 0 Å². The Morgan fingerprint density at radius 2 is 1.88 bits per heavy atom. The number of aliphatic imine (C=N–C) groups is 1. The van der Waals surface area contributed by atoms with Crippen LogP contribution >= 0.6 is 11.3 Å². The van der Waals surface area contributed by atoms with Crippen LogP contribution in [0.3, 0.4) is 0 Å². The summed E-state index contributed by atoms with van der Waals surface area (Å²) in [6.07, 6.45) is 0. The van der Waals surface area contributed by atoms with Gasteiger partial charge >= 0.3 is 0 Å². The summed E-state index contributed by atoms with van der Waals surface area (Å²) in [5, 5.41) is 4.90. The van der Waals surface area contributed by atoms with E-state index in [1.54, 1.807) is 17.5 Å². The Hall–Kier alpha value is -1.90. The van der Waals surface area contributed by atoms with Gasteiger partial charge in [-0.3, -0.25) is 0 Å². The molecule has 0 atom stereocenters. The Morgan fingerprint density at radius 1 is 1.12 bits per heavy atom. The van der Waals surface area contributed by atoms with Gasteiger partial charge < -0.3 is 10.2 Å². The predicted molar refractivity (Wildman–Crippen MR) is 98.8 cm³/mol. The number of hydrogen-bond acceptors (Lipinski definition) is 4. The molecular formula is C16H22N4O2S2. The Balaban J connectivity index is 1.84. The van der Waals surface area contributed by atoms with Crippen LogP contribution in [0, 0.1) is 0 Å². The fourth-order valence-electron chi connectivity index (χ4n) is 1.95. The molecule has 0 bridgehead atoms. The summed E-state index contributed by atoms with van der Waals surface area (Å²) in [4.78, 5) is 6.41. The number of hydrogen-bond donors (Lipinski definition) is 2. The molecule has 1 aromatic carbocycles. The third-order valence-electron chi connectivity index (χ3n) is 3.14. The Bertz CT molecular complexity index is 742. The smallest absolute Gasteiger partial charge is 0.250 e.